The topological polar surface area (TPSA) is 64.2 Å². The molecule has 1 unspecified atom stereocenters. The number of H-pyrrole nitrogens is 1. The van der Waals surface area contributed by atoms with Crippen molar-refractivity contribution in [2.75, 3.05) is 23.3 Å². The quantitative estimate of drug-likeness (QED) is 0.408. The number of aryl methyl sites for hydroxylation is 1. The first-order valence-corrected chi connectivity index (χ1v) is 11.6. The van der Waals surface area contributed by atoms with Crippen LogP contribution in [0, 0.1) is 0 Å². The number of anilines is 3. The largest absolute Gasteiger partial charge is 0.387 e. The van der Waals surface area contributed by atoms with E-state index in [1.54, 1.807) is 6.20 Å². The van der Waals surface area contributed by atoms with Gasteiger partial charge < -0.3 is 20.3 Å². The molecule has 0 spiro atoms. The monoisotopic (exact) mass is 424 g/mol. The molecule has 32 heavy (non-hydrogen) atoms. The predicted molar refractivity (Wildman–Crippen MR) is 130 cm³/mol. The van der Waals surface area contributed by atoms with Gasteiger partial charge in [-0.05, 0) is 79.1 Å². The Morgan fingerprint density at radius 1 is 1.12 bits per heavy atom. The number of nitrogens with one attached hydrogen (secondary N) is 2. The fourth-order valence-electron chi connectivity index (χ4n) is 5.33. The Hall–Kier alpha value is -3.31. The lowest BCUT2D eigenvalue weighted by Crippen LogP contribution is -2.31. The highest BCUT2D eigenvalue weighted by Crippen LogP contribution is 2.36. The highest BCUT2D eigenvalue weighted by Gasteiger charge is 2.24. The van der Waals surface area contributed by atoms with E-state index >= 15 is 0 Å². The van der Waals surface area contributed by atoms with Crippen LogP contribution < -0.4 is 10.2 Å². The van der Waals surface area contributed by atoms with Crippen LogP contribution in [0.25, 0.3) is 10.9 Å². The number of aliphatic hydroxyl groups excluding tert-OH is 1. The van der Waals surface area contributed by atoms with Crippen LogP contribution in [0.1, 0.15) is 41.3 Å². The highest BCUT2D eigenvalue weighted by atomic mass is 16.3. The summed E-state index contributed by atoms with van der Waals surface area (Å²) in [5, 5.41) is 15.1. The second kappa shape index (κ2) is 7.99. The summed E-state index contributed by atoms with van der Waals surface area (Å²) >= 11 is 0. The van der Waals surface area contributed by atoms with Gasteiger partial charge in [0.05, 0.1) is 11.8 Å². The number of aromatic amines is 1. The van der Waals surface area contributed by atoms with Crippen molar-refractivity contribution in [1.29, 1.82) is 0 Å². The number of hydrogen-bond acceptors (Lipinski definition) is 4. The molecule has 0 fully saturated rings. The van der Waals surface area contributed by atoms with Gasteiger partial charge in [0.25, 0.3) is 0 Å². The highest BCUT2D eigenvalue weighted by molar-refractivity contribution is 5.83. The van der Waals surface area contributed by atoms with E-state index in [1.165, 1.54) is 34.1 Å². The molecule has 0 saturated carbocycles. The van der Waals surface area contributed by atoms with E-state index in [-0.39, 0.29) is 0 Å². The van der Waals surface area contributed by atoms with E-state index in [0.29, 0.717) is 0 Å². The third-order valence-corrected chi connectivity index (χ3v) is 6.97. The number of aromatic nitrogens is 2. The Balaban J connectivity index is 1.21. The molecule has 5 nitrogen and oxygen atoms in total. The first kappa shape index (κ1) is 19.4. The molecule has 2 aliphatic rings. The molecule has 0 bridgehead atoms. The van der Waals surface area contributed by atoms with Crippen LogP contribution in [0.15, 0.2) is 60.9 Å². The Morgan fingerprint density at radius 3 is 3.03 bits per heavy atom. The van der Waals surface area contributed by atoms with Crippen molar-refractivity contribution in [1.82, 2.24) is 9.97 Å². The molecular weight excluding hydrogens is 396 g/mol. The number of pyridine rings is 1. The van der Waals surface area contributed by atoms with Gasteiger partial charge in [-0.1, -0.05) is 18.2 Å². The van der Waals surface area contributed by atoms with Crippen molar-refractivity contribution in [2.45, 2.75) is 38.2 Å². The molecule has 3 N–H and O–H groups in total. The van der Waals surface area contributed by atoms with Crippen LogP contribution in [-0.2, 0) is 19.3 Å². The minimum atomic E-state index is -0.430. The van der Waals surface area contributed by atoms with Crippen molar-refractivity contribution in [3.05, 3.63) is 83.3 Å². The third kappa shape index (κ3) is 3.43. The number of fused-ring (bicyclic) bond motifs is 3. The molecule has 3 heterocycles. The second-order valence-corrected chi connectivity index (χ2v) is 8.95. The lowest BCUT2D eigenvalue weighted by molar-refractivity contribution is 0.176. The molecule has 0 amide bonds. The van der Waals surface area contributed by atoms with Crippen LogP contribution in [0.2, 0.25) is 0 Å². The van der Waals surface area contributed by atoms with E-state index in [1.807, 2.05) is 6.07 Å². The summed E-state index contributed by atoms with van der Waals surface area (Å²) in [5.41, 5.74) is 9.53. The van der Waals surface area contributed by atoms with Crippen molar-refractivity contribution in [3.63, 3.8) is 0 Å². The Bertz CT molecular complexity index is 1280. The Kier molecular flexibility index (Phi) is 4.84. The van der Waals surface area contributed by atoms with Crippen LogP contribution >= 0.6 is 0 Å². The summed E-state index contributed by atoms with van der Waals surface area (Å²) in [6, 6.07) is 17.3. The molecule has 0 radical (unpaired) electrons. The summed E-state index contributed by atoms with van der Waals surface area (Å²) < 4.78 is 0. The number of rotatable bonds is 5. The van der Waals surface area contributed by atoms with E-state index in [0.717, 1.165) is 61.4 Å². The normalized spacial score (nSPS) is 17.4. The molecule has 1 aliphatic carbocycles. The predicted octanol–water partition coefficient (Wildman–Crippen LogP) is 5.28. The molecule has 1 atom stereocenters. The standard InChI is InChI=1S/C27H28N4O/c32-26-10-8-22-24(11-13-28-27(22)26)30-20-7-9-25-18(16-20)4-3-14-31(25)15-12-19-17-29-23-6-2-1-5-21(19)23/h1-2,5-7,9,11,13,16-17,26,29,32H,3-4,8,10,12,14-15H2,(H,28,30). The van der Waals surface area contributed by atoms with Gasteiger partial charge in [-0.3, -0.25) is 4.98 Å². The maximum absolute atomic E-state index is 10.1. The zero-order valence-electron chi connectivity index (χ0n) is 18.1. The number of hydrogen-bond donors (Lipinski definition) is 3. The molecule has 2 aromatic heterocycles. The van der Waals surface area contributed by atoms with Gasteiger partial charge in [0.15, 0.2) is 0 Å². The van der Waals surface area contributed by atoms with Crippen molar-refractivity contribution in [3.8, 4) is 0 Å². The van der Waals surface area contributed by atoms with E-state index in [9.17, 15) is 5.11 Å². The average Bonchev–Trinajstić information content (AvgIpc) is 3.42. The van der Waals surface area contributed by atoms with Crippen LogP contribution in [0.5, 0.6) is 0 Å². The smallest absolute Gasteiger partial charge is 0.0966 e. The molecule has 162 valence electrons. The van der Waals surface area contributed by atoms with Gasteiger partial charge in [0, 0.05) is 53.4 Å². The maximum Gasteiger partial charge on any atom is 0.0966 e. The SMILES string of the molecule is OC1CCc2c(Nc3ccc4c(c3)CCCN4CCc3c[nH]c4ccccc34)ccnc21. The fraction of sp³-hybridized carbons (Fsp3) is 0.296. The maximum atomic E-state index is 10.1. The second-order valence-electron chi connectivity index (χ2n) is 8.95. The van der Waals surface area contributed by atoms with Crippen LogP contribution in [0.3, 0.4) is 0 Å². The van der Waals surface area contributed by atoms with E-state index in [2.05, 4.69) is 68.8 Å². The molecule has 2 aromatic carbocycles. The lowest BCUT2D eigenvalue weighted by Gasteiger charge is -2.32. The number of para-hydroxylation sites is 1. The fourth-order valence-corrected chi connectivity index (χ4v) is 5.33. The molecular formula is C27H28N4O. The molecule has 0 saturated heterocycles. The van der Waals surface area contributed by atoms with Gasteiger partial charge in [0.2, 0.25) is 0 Å². The summed E-state index contributed by atoms with van der Waals surface area (Å²) in [6.07, 6.45) is 8.49. The summed E-state index contributed by atoms with van der Waals surface area (Å²) in [7, 11) is 0. The third-order valence-electron chi connectivity index (χ3n) is 6.97. The summed E-state index contributed by atoms with van der Waals surface area (Å²) in [5.74, 6) is 0. The van der Waals surface area contributed by atoms with Crippen molar-refractivity contribution < 1.29 is 5.11 Å². The first-order valence-electron chi connectivity index (χ1n) is 11.6. The molecule has 6 rings (SSSR count). The Labute approximate surface area is 188 Å². The molecule has 4 aromatic rings. The number of nitrogens with zero attached hydrogens (tertiary/aromatic N) is 2. The average molecular weight is 425 g/mol. The van der Waals surface area contributed by atoms with Gasteiger partial charge in [-0.15, -0.1) is 0 Å². The molecule has 1 aliphatic heterocycles. The van der Waals surface area contributed by atoms with Gasteiger partial charge >= 0.3 is 0 Å². The zero-order chi connectivity index (χ0) is 21.5. The number of aliphatic hydroxyl groups is 1. The Morgan fingerprint density at radius 2 is 2.06 bits per heavy atom. The zero-order valence-corrected chi connectivity index (χ0v) is 18.1. The number of benzene rings is 2. The summed E-state index contributed by atoms with van der Waals surface area (Å²) in [6.45, 7) is 2.13. The first-order chi connectivity index (χ1) is 15.8. The van der Waals surface area contributed by atoms with Gasteiger partial charge in [-0.2, -0.15) is 0 Å². The van der Waals surface area contributed by atoms with Gasteiger partial charge in [-0.25, -0.2) is 0 Å². The van der Waals surface area contributed by atoms with Crippen LogP contribution in [-0.4, -0.2) is 28.2 Å². The molecule has 5 heteroatoms. The van der Waals surface area contributed by atoms with E-state index in [4.69, 9.17) is 0 Å². The van der Waals surface area contributed by atoms with Gasteiger partial charge in [0.1, 0.15) is 0 Å². The van der Waals surface area contributed by atoms with Crippen molar-refractivity contribution >= 4 is 28.0 Å². The minimum Gasteiger partial charge on any atom is -0.387 e. The van der Waals surface area contributed by atoms with E-state index < -0.39 is 6.10 Å². The van der Waals surface area contributed by atoms with Crippen LogP contribution in [0.4, 0.5) is 17.1 Å². The van der Waals surface area contributed by atoms with Crippen molar-refractivity contribution in [2.24, 2.45) is 0 Å². The lowest BCUT2D eigenvalue weighted by atomic mass is 10.00. The minimum absolute atomic E-state index is 0.430. The summed E-state index contributed by atoms with van der Waals surface area (Å²) in [4.78, 5) is 10.3.